The van der Waals surface area contributed by atoms with Crippen LogP contribution in [0.25, 0.3) is 11.3 Å². The molecule has 0 saturated heterocycles. The van der Waals surface area contributed by atoms with Crippen LogP contribution in [0, 0.1) is 13.8 Å². The van der Waals surface area contributed by atoms with Gasteiger partial charge in [0.05, 0.1) is 17.6 Å². The summed E-state index contributed by atoms with van der Waals surface area (Å²) in [6.07, 6.45) is 1.54. The van der Waals surface area contributed by atoms with Crippen molar-refractivity contribution in [2.45, 2.75) is 25.4 Å². The summed E-state index contributed by atoms with van der Waals surface area (Å²) in [5.41, 5.74) is 2.04. The maximum absolute atomic E-state index is 12.3. The van der Waals surface area contributed by atoms with Crippen molar-refractivity contribution >= 4 is 9.84 Å². The topological polar surface area (TPSA) is 86.2 Å². The standard InChI is InChI=1S/C16H16N2O4S/c1-11-14(12(2)22-18-11)9-23(19,20)10-16-17-8-15(21-16)13-6-4-3-5-7-13/h3-8H,9-10H2,1-2H3. The quantitative estimate of drug-likeness (QED) is 0.714. The minimum Gasteiger partial charge on any atom is -0.440 e. The van der Waals surface area contributed by atoms with E-state index in [4.69, 9.17) is 8.94 Å². The molecule has 0 aliphatic rings. The smallest absolute Gasteiger partial charge is 0.210 e. The molecule has 120 valence electrons. The van der Waals surface area contributed by atoms with Gasteiger partial charge in [0.25, 0.3) is 0 Å². The minimum atomic E-state index is -3.43. The van der Waals surface area contributed by atoms with Crippen LogP contribution >= 0.6 is 0 Å². The van der Waals surface area contributed by atoms with E-state index in [-0.39, 0.29) is 17.4 Å². The Morgan fingerprint density at radius 3 is 2.48 bits per heavy atom. The molecule has 0 unspecified atom stereocenters. The molecular formula is C16H16N2O4S. The van der Waals surface area contributed by atoms with Crippen molar-refractivity contribution in [3.8, 4) is 11.3 Å². The number of hydrogen-bond donors (Lipinski definition) is 0. The Kier molecular flexibility index (Phi) is 4.04. The van der Waals surface area contributed by atoms with E-state index >= 15 is 0 Å². The van der Waals surface area contributed by atoms with E-state index in [1.165, 1.54) is 6.20 Å². The normalized spacial score (nSPS) is 11.7. The molecule has 0 spiro atoms. The van der Waals surface area contributed by atoms with Crippen LogP contribution in [-0.2, 0) is 21.3 Å². The van der Waals surface area contributed by atoms with E-state index in [2.05, 4.69) is 10.1 Å². The number of oxazole rings is 1. The monoisotopic (exact) mass is 332 g/mol. The molecular weight excluding hydrogens is 316 g/mol. The maximum atomic E-state index is 12.3. The second kappa shape index (κ2) is 6.00. The molecule has 23 heavy (non-hydrogen) atoms. The highest BCUT2D eigenvalue weighted by Gasteiger charge is 2.21. The van der Waals surface area contributed by atoms with Gasteiger partial charge in [0.1, 0.15) is 11.5 Å². The predicted molar refractivity (Wildman–Crippen MR) is 84.2 cm³/mol. The fraction of sp³-hybridized carbons (Fsp3) is 0.250. The first kappa shape index (κ1) is 15.5. The van der Waals surface area contributed by atoms with Gasteiger partial charge >= 0.3 is 0 Å². The van der Waals surface area contributed by atoms with E-state index in [1.54, 1.807) is 13.8 Å². The molecule has 6 nitrogen and oxygen atoms in total. The zero-order chi connectivity index (χ0) is 16.4. The van der Waals surface area contributed by atoms with Crippen LogP contribution in [0.1, 0.15) is 22.9 Å². The fourth-order valence-electron chi connectivity index (χ4n) is 2.28. The second-order valence-electron chi connectivity index (χ2n) is 5.32. The molecule has 0 bridgehead atoms. The summed E-state index contributed by atoms with van der Waals surface area (Å²) >= 11 is 0. The maximum Gasteiger partial charge on any atom is 0.210 e. The van der Waals surface area contributed by atoms with Crippen molar-refractivity contribution in [2.75, 3.05) is 0 Å². The van der Waals surface area contributed by atoms with E-state index in [0.29, 0.717) is 22.8 Å². The summed E-state index contributed by atoms with van der Waals surface area (Å²) in [6, 6.07) is 9.41. The Hall–Kier alpha value is -2.41. The Labute approximate surface area is 134 Å². The summed E-state index contributed by atoms with van der Waals surface area (Å²) in [6.45, 7) is 3.42. The average molecular weight is 332 g/mol. The number of hydrogen-bond acceptors (Lipinski definition) is 6. The van der Waals surface area contributed by atoms with E-state index < -0.39 is 9.84 Å². The van der Waals surface area contributed by atoms with E-state index in [1.807, 2.05) is 30.3 Å². The highest BCUT2D eigenvalue weighted by atomic mass is 32.2. The molecule has 0 fully saturated rings. The van der Waals surface area contributed by atoms with Crippen LogP contribution in [0.3, 0.4) is 0 Å². The highest BCUT2D eigenvalue weighted by molar-refractivity contribution is 7.89. The van der Waals surface area contributed by atoms with Crippen LogP contribution in [0.5, 0.6) is 0 Å². The van der Waals surface area contributed by atoms with Crippen LogP contribution in [0.15, 0.2) is 45.5 Å². The molecule has 0 N–H and O–H groups in total. The predicted octanol–water partition coefficient (Wildman–Crippen LogP) is 3.06. The Morgan fingerprint density at radius 1 is 1.09 bits per heavy atom. The van der Waals surface area contributed by atoms with E-state index in [0.717, 1.165) is 5.56 Å². The molecule has 0 atom stereocenters. The summed E-state index contributed by atoms with van der Waals surface area (Å²) in [5, 5.41) is 3.77. The van der Waals surface area contributed by atoms with Gasteiger partial charge in [0, 0.05) is 11.1 Å². The third-order valence-electron chi connectivity index (χ3n) is 3.50. The number of sulfone groups is 1. The zero-order valence-corrected chi connectivity index (χ0v) is 13.6. The van der Waals surface area contributed by atoms with Gasteiger partial charge < -0.3 is 8.94 Å². The molecule has 1 aromatic carbocycles. The first-order valence-electron chi connectivity index (χ1n) is 7.07. The van der Waals surface area contributed by atoms with Gasteiger partial charge in [-0.25, -0.2) is 13.4 Å². The summed E-state index contributed by atoms with van der Waals surface area (Å²) in [7, 11) is -3.43. The molecule has 2 heterocycles. The molecule has 0 saturated carbocycles. The third-order valence-corrected chi connectivity index (χ3v) is 4.92. The lowest BCUT2D eigenvalue weighted by molar-refractivity contribution is 0.392. The van der Waals surface area contributed by atoms with Crippen molar-refractivity contribution in [1.82, 2.24) is 10.1 Å². The lowest BCUT2D eigenvalue weighted by atomic mass is 10.2. The van der Waals surface area contributed by atoms with Gasteiger partial charge in [0.15, 0.2) is 15.6 Å². The largest absolute Gasteiger partial charge is 0.440 e. The van der Waals surface area contributed by atoms with Crippen molar-refractivity contribution in [1.29, 1.82) is 0 Å². The van der Waals surface area contributed by atoms with Gasteiger partial charge in [-0.05, 0) is 13.8 Å². The highest BCUT2D eigenvalue weighted by Crippen LogP contribution is 2.22. The molecule has 0 amide bonds. The molecule has 0 aliphatic heterocycles. The number of rotatable bonds is 5. The van der Waals surface area contributed by atoms with Crippen LogP contribution < -0.4 is 0 Å². The number of nitrogens with zero attached hydrogens (tertiary/aromatic N) is 2. The second-order valence-corrected chi connectivity index (χ2v) is 7.38. The van der Waals surface area contributed by atoms with Gasteiger partial charge in [-0.2, -0.15) is 0 Å². The van der Waals surface area contributed by atoms with Crippen LogP contribution in [-0.4, -0.2) is 18.6 Å². The zero-order valence-electron chi connectivity index (χ0n) is 12.8. The first-order valence-corrected chi connectivity index (χ1v) is 8.89. The Bertz CT molecular complexity index is 891. The number of aromatic nitrogens is 2. The number of benzene rings is 1. The van der Waals surface area contributed by atoms with Gasteiger partial charge in [-0.15, -0.1) is 0 Å². The Morgan fingerprint density at radius 2 is 1.83 bits per heavy atom. The number of aryl methyl sites for hydroxylation is 2. The van der Waals surface area contributed by atoms with Crippen molar-refractivity contribution in [2.24, 2.45) is 0 Å². The molecule has 0 radical (unpaired) electrons. The lowest BCUT2D eigenvalue weighted by Crippen LogP contribution is -2.09. The molecule has 7 heteroatoms. The van der Waals surface area contributed by atoms with Gasteiger partial charge in [-0.3, -0.25) is 0 Å². The van der Waals surface area contributed by atoms with Crippen LogP contribution in [0.4, 0.5) is 0 Å². The third kappa shape index (κ3) is 3.50. The van der Waals surface area contributed by atoms with Crippen LogP contribution in [0.2, 0.25) is 0 Å². The molecule has 0 aliphatic carbocycles. The first-order chi connectivity index (χ1) is 10.9. The minimum absolute atomic E-state index is 0.142. The SMILES string of the molecule is Cc1noc(C)c1CS(=O)(=O)Cc1ncc(-c2ccccc2)o1. The van der Waals surface area contributed by atoms with Crippen molar-refractivity contribution < 1.29 is 17.4 Å². The molecule has 3 rings (SSSR count). The van der Waals surface area contributed by atoms with Gasteiger partial charge in [-0.1, -0.05) is 35.5 Å². The lowest BCUT2D eigenvalue weighted by Gasteiger charge is -2.01. The summed E-state index contributed by atoms with van der Waals surface area (Å²) in [5.74, 6) is 0.841. The average Bonchev–Trinajstić information content (AvgIpc) is 3.09. The summed E-state index contributed by atoms with van der Waals surface area (Å²) in [4.78, 5) is 4.07. The summed E-state index contributed by atoms with van der Waals surface area (Å²) < 4.78 is 35.3. The Balaban J connectivity index is 1.78. The van der Waals surface area contributed by atoms with Crippen molar-refractivity contribution in [3.63, 3.8) is 0 Å². The fourth-order valence-corrected chi connectivity index (χ4v) is 3.74. The van der Waals surface area contributed by atoms with Crippen molar-refractivity contribution in [3.05, 3.63) is 59.4 Å². The molecule has 2 aromatic heterocycles. The molecule has 3 aromatic rings. The van der Waals surface area contributed by atoms with E-state index in [9.17, 15) is 8.42 Å². The van der Waals surface area contributed by atoms with Gasteiger partial charge in [0.2, 0.25) is 5.89 Å².